The summed E-state index contributed by atoms with van der Waals surface area (Å²) >= 11 is 1.86. The van der Waals surface area contributed by atoms with Gasteiger partial charge in [0.05, 0.1) is 6.61 Å². The lowest BCUT2D eigenvalue weighted by atomic mass is 9.77. The van der Waals surface area contributed by atoms with Gasteiger partial charge in [-0.2, -0.15) is 0 Å². The van der Waals surface area contributed by atoms with E-state index in [0.29, 0.717) is 0 Å². The van der Waals surface area contributed by atoms with Crippen molar-refractivity contribution in [3.63, 3.8) is 0 Å². The average Bonchev–Trinajstić information content (AvgIpc) is 2.81. The highest BCUT2D eigenvalue weighted by Gasteiger charge is 2.38. The lowest BCUT2D eigenvalue weighted by molar-refractivity contribution is -0.0489. The first kappa shape index (κ1) is 12.6. The Bertz CT molecular complexity index is 396. The lowest BCUT2D eigenvalue weighted by Crippen LogP contribution is -2.56. The van der Waals surface area contributed by atoms with Gasteiger partial charge in [-0.15, -0.1) is 11.3 Å². The van der Waals surface area contributed by atoms with Crippen LogP contribution in [-0.4, -0.2) is 18.7 Å². The predicted octanol–water partition coefficient (Wildman–Crippen LogP) is 3.67. The number of nitrogens with one attached hydrogen (secondary N) is 1. The molecule has 0 radical (unpaired) electrons. The molecule has 1 saturated carbocycles. The topological polar surface area (TPSA) is 21.3 Å². The maximum Gasteiger partial charge on any atom is 0.104 e. The Morgan fingerprint density at radius 3 is 2.67 bits per heavy atom. The first-order valence-electron chi connectivity index (χ1n) is 7.10. The molecule has 1 spiro atoms. The largest absolute Gasteiger partial charge is 0.369 e. The Balaban J connectivity index is 1.61. The van der Waals surface area contributed by atoms with Crippen molar-refractivity contribution in [3.05, 3.63) is 21.9 Å². The van der Waals surface area contributed by atoms with Crippen LogP contribution < -0.4 is 5.32 Å². The van der Waals surface area contributed by atoms with Crippen LogP contribution in [-0.2, 0) is 4.74 Å². The number of rotatable bonds is 1. The summed E-state index contributed by atoms with van der Waals surface area (Å²) in [6, 6.07) is 4.41. The monoisotopic (exact) mass is 265 g/mol. The van der Waals surface area contributed by atoms with Crippen LogP contribution in [0, 0.1) is 12.8 Å². The Labute approximate surface area is 114 Å². The van der Waals surface area contributed by atoms with Gasteiger partial charge in [-0.05, 0) is 50.7 Å². The summed E-state index contributed by atoms with van der Waals surface area (Å²) in [5.74, 6) is 0.898. The van der Waals surface area contributed by atoms with Gasteiger partial charge in [0.1, 0.15) is 6.10 Å². The van der Waals surface area contributed by atoms with Gasteiger partial charge >= 0.3 is 0 Å². The maximum atomic E-state index is 6.15. The number of ether oxygens (including phenoxy) is 1. The fourth-order valence-electron chi connectivity index (χ4n) is 3.12. The van der Waals surface area contributed by atoms with Gasteiger partial charge in [0, 0.05) is 21.8 Å². The minimum absolute atomic E-state index is 0.272. The zero-order chi connectivity index (χ0) is 12.6. The van der Waals surface area contributed by atoms with Gasteiger partial charge in [0.2, 0.25) is 0 Å². The fraction of sp³-hybridized carbons (Fsp3) is 0.733. The summed E-state index contributed by atoms with van der Waals surface area (Å²) in [4.78, 5) is 2.75. The van der Waals surface area contributed by atoms with E-state index in [1.165, 1.54) is 35.4 Å². The van der Waals surface area contributed by atoms with Crippen molar-refractivity contribution in [1.82, 2.24) is 5.32 Å². The van der Waals surface area contributed by atoms with Gasteiger partial charge in [0.15, 0.2) is 0 Å². The molecule has 1 aliphatic carbocycles. The molecule has 2 fully saturated rings. The van der Waals surface area contributed by atoms with Crippen LogP contribution in [0.4, 0.5) is 0 Å². The summed E-state index contributed by atoms with van der Waals surface area (Å²) in [6.07, 6.45) is 5.53. The molecular formula is C15H23NOS. The van der Waals surface area contributed by atoms with E-state index in [4.69, 9.17) is 4.74 Å². The van der Waals surface area contributed by atoms with Crippen LogP contribution in [0.5, 0.6) is 0 Å². The number of aryl methyl sites for hydroxylation is 1. The third-order valence-corrected chi connectivity index (χ3v) is 5.63. The Kier molecular flexibility index (Phi) is 3.48. The van der Waals surface area contributed by atoms with E-state index >= 15 is 0 Å². The van der Waals surface area contributed by atoms with Crippen LogP contribution >= 0.6 is 11.3 Å². The van der Waals surface area contributed by atoms with E-state index in [1.54, 1.807) is 0 Å². The summed E-state index contributed by atoms with van der Waals surface area (Å²) in [5, 5.41) is 3.79. The molecule has 1 unspecified atom stereocenters. The van der Waals surface area contributed by atoms with E-state index in [0.717, 1.165) is 19.1 Å². The molecule has 0 amide bonds. The molecule has 1 N–H and O–H groups in total. The molecule has 0 aromatic carbocycles. The molecule has 3 heteroatoms. The minimum Gasteiger partial charge on any atom is -0.369 e. The fourth-order valence-corrected chi connectivity index (χ4v) is 4.05. The van der Waals surface area contributed by atoms with E-state index in [-0.39, 0.29) is 11.6 Å². The molecule has 1 saturated heterocycles. The van der Waals surface area contributed by atoms with Crippen LogP contribution in [0.25, 0.3) is 0 Å². The van der Waals surface area contributed by atoms with E-state index in [1.807, 2.05) is 11.3 Å². The Hall–Kier alpha value is -0.380. The smallest absolute Gasteiger partial charge is 0.104 e. The highest BCUT2D eigenvalue weighted by Crippen LogP contribution is 2.37. The van der Waals surface area contributed by atoms with Crippen molar-refractivity contribution in [1.29, 1.82) is 0 Å². The molecule has 3 rings (SSSR count). The number of morpholine rings is 1. The zero-order valence-corrected chi connectivity index (χ0v) is 12.2. The molecule has 18 heavy (non-hydrogen) atoms. The van der Waals surface area contributed by atoms with E-state index in [9.17, 15) is 0 Å². The molecule has 100 valence electrons. The van der Waals surface area contributed by atoms with Gasteiger partial charge in [-0.3, -0.25) is 0 Å². The van der Waals surface area contributed by atoms with Crippen molar-refractivity contribution in [3.8, 4) is 0 Å². The Morgan fingerprint density at radius 2 is 2.11 bits per heavy atom. The molecular weight excluding hydrogens is 242 g/mol. The highest BCUT2D eigenvalue weighted by molar-refractivity contribution is 7.12. The van der Waals surface area contributed by atoms with Crippen molar-refractivity contribution < 1.29 is 4.74 Å². The highest BCUT2D eigenvalue weighted by atomic mass is 32.1. The summed E-state index contributed by atoms with van der Waals surface area (Å²) < 4.78 is 6.15. The number of hydrogen-bond acceptors (Lipinski definition) is 3. The number of hydrogen-bond donors (Lipinski definition) is 1. The van der Waals surface area contributed by atoms with Crippen molar-refractivity contribution >= 4 is 11.3 Å². The third-order valence-electron chi connectivity index (χ3n) is 4.53. The Morgan fingerprint density at radius 1 is 1.33 bits per heavy atom. The van der Waals surface area contributed by atoms with Crippen LogP contribution in [0.1, 0.15) is 48.5 Å². The second-order valence-corrected chi connectivity index (χ2v) is 7.41. The second-order valence-electron chi connectivity index (χ2n) is 6.09. The van der Waals surface area contributed by atoms with Crippen LogP contribution in [0.2, 0.25) is 0 Å². The normalized spacial score (nSPS) is 37.0. The lowest BCUT2D eigenvalue weighted by Gasteiger charge is -2.45. The SMILES string of the molecule is Cc1ccc(C2CNC3(CCC(C)CC3)CO2)s1. The minimum atomic E-state index is 0.272. The van der Waals surface area contributed by atoms with Crippen LogP contribution in [0.15, 0.2) is 12.1 Å². The summed E-state index contributed by atoms with van der Waals surface area (Å²) in [6.45, 7) is 6.40. The first-order valence-corrected chi connectivity index (χ1v) is 7.91. The van der Waals surface area contributed by atoms with Gasteiger partial charge in [0.25, 0.3) is 0 Å². The van der Waals surface area contributed by atoms with E-state index in [2.05, 4.69) is 31.3 Å². The predicted molar refractivity (Wildman–Crippen MR) is 76.1 cm³/mol. The summed E-state index contributed by atoms with van der Waals surface area (Å²) in [5.41, 5.74) is 0.287. The van der Waals surface area contributed by atoms with Crippen molar-refractivity contribution in [2.75, 3.05) is 13.2 Å². The number of thiophene rings is 1. The van der Waals surface area contributed by atoms with Crippen LogP contribution in [0.3, 0.4) is 0 Å². The van der Waals surface area contributed by atoms with Gasteiger partial charge in [-0.1, -0.05) is 6.92 Å². The first-order chi connectivity index (χ1) is 8.67. The average molecular weight is 265 g/mol. The standard InChI is InChI=1S/C15H23NOS/c1-11-5-7-15(8-6-11)10-17-13(9-16-15)14-4-3-12(2)18-14/h3-4,11,13,16H,5-10H2,1-2H3. The molecule has 1 atom stereocenters. The maximum absolute atomic E-state index is 6.15. The van der Waals surface area contributed by atoms with E-state index < -0.39 is 0 Å². The molecule has 1 aromatic rings. The van der Waals surface area contributed by atoms with Crippen molar-refractivity contribution in [2.45, 2.75) is 51.2 Å². The van der Waals surface area contributed by atoms with Crippen molar-refractivity contribution in [2.24, 2.45) is 5.92 Å². The zero-order valence-electron chi connectivity index (χ0n) is 11.4. The second kappa shape index (κ2) is 4.95. The summed E-state index contributed by atoms with van der Waals surface area (Å²) in [7, 11) is 0. The van der Waals surface area contributed by atoms with Gasteiger partial charge < -0.3 is 10.1 Å². The molecule has 1 aromatic heterocycles. The third kappa shape index (κ3) is 2.49. The molecule has 0 bridgehead atoms. The quantitative estimate of drug-likeness (QED) is 0.836. The molecule has 2 heterocycles. The van der Waals surface area contributed by atoms with Gasteiger partial charge in [-0.25, -0.2) is 0 Å². The molecule has 1 aliphatic heterocycles. The molecule has 2 aliphatic rings. The molecule has 2 nitrogen and oxygen atoms in total.